The zero-order valence-corrected chi connectivity index (χ0v) is 10.4. The van der Waals surface area contributed by atoms with Crippen molar-refractivity contribution in [2.75, 3.05) is 0 Å². The van der Waals surface area contributed by atoms with Gasteiger partial charge in [-0.25, -0.2) is 8.78 Å². The fourth-order valence-electron chi connectivity index (χ4n) is 2.84. The zero-order chi connectivity index (χ0) is 13.5. The minimum atomic E-state index is -1.09. The van der Waals surface area contributed by atoms with Crippen LogP contribution in [-0.4, -0.2) is 5.11 Å². The van der Waals surface area contributed by atoms with Gasteiger partial charge in [-0.1, -0.05) is 24.3 Å². The van der Waals surface area contributed by atoms with E-state index in [0.717, 1.165) is 11.1 Å². The molecule has 1 aliphatic carbocycles. The maximum atomic E-state index is 13.7. The van der Waals surface area contributed by atoms with Gasteiger partial charge >= 0.3 is 0 Å². The standard InChI is InChI=1S/C16H14F2O/c17-13-5-6-14-11(9-13)7-8-16(14,19)10-12-3-1-2-4-15(12)18/h1-6,9,19H,7-8,10H2. The number of rotatable bonds is 2. The van der Waals surface area contributed by atoms with Gasteiger partial charge in [-0.15, -0.1) is 0 Å². The highest BCUT2D eigenvalue weighted by atomic mass is 19.1. The first-order chi connectivity index (χ1) is 9.08. The molecular formula is C16H14F2O. The molecule has 1 aliphatic rings. The summed E-state index contributed by atoms with van der Waals surface area (Å²) in [5.41, 5.74) is 0.934. The first-order valence-electron chi connectivity index (χ1n) is 6.33. The van der Waals surface area contributed by atoms with E-state index < -0.39 is 5.60 Å². The van der Waals surface area contributed by atoms with Crippen molar-refractivity contribution < 1.29 is 13.9 Å². The molecule has 0 aromatic heterocycles. The summed E-state index contributed by atoms with van der Waals surface area (Å²) in [5.74, 6) is -0.611. The molecule has 0 amide bonds. The summed E-state index contributed by atoms with van der Waals surface area (Å²) in [7, 11) is 0. The van der Waals surface area contributed by atoms with Crippen molar-refractivity contribution in [2.45, 2.75) is 24.9 Å². The molecule has 2 aromatic carbocycles. The summed E-state index contributed by atoms with van der Waals surface area (Å²) in [5, 5.41) is 10.7. The van der Waals surface area contributed by atoms with E-state index in [-0.39, 0.29) is 18.1 Å². The number of halogens is 2. The summed E-state index contributed by atoms with van der Waals surface area (Å²) in [6.07, 6.45) is 1.34. The Balaban J connectivity index is 1.97. The second-order valence-corrected chi connectivity index (χ2v) is 5.10. The van der Waals surface area contributed by atoms with Crippen LogP contribution < -0.4 is 0 Å². The first-order valence-corrected chi connectivity index (χ1v) is 6.33. The molecule has 0 spiro atoms. The van der Waals surface area contributed by atoms with Crippen molar-refractivity contribution in [3.8, 4) is 0 Å². The summed E-state index contributed by atoms with van der Waals surface area (Å²) < 4.78 is 26.8. The molecule has 1 nitrogen and oxygen atoms in total. The second-order valence-electron chi connectivity index (χ2n) is 5.10. The number of fused-ring (bicyclic) bond motifs is 1. The maximum Gasteiger partial charge on any atom is 0.126 e. The monoisotopic (exact) mass is 260 g/mol. The third kappa shape index (κ3) is 2.15. The van der Waals surface area contributed by atoms with Crippen molar-refractivity contribution in [2.24, 2.45) is 0 Å². The van der Waals surface area contributed by atoms with Gasteiger partial charge in [-0.05, 0) is 47.7 Å². The Morgan fingerprint density at radius 3 is 2.68 bits per heavy atom. The maximum absolute atomic E-state index is 13.7. The molecule has 1 unspecified atom stereocenters. The lowest BCUT2D eigenvalue weighted by atomic mass is 9.88. The number of benzene rings is 2. The van der Waals surface area contributed by atoms with Gasteiger partial charge in [0.1, 0.15) is 11.6 Å². The van der Waals surface area contributed by atoms with Crippen LogP contribution in [0.3, 0.4) is 0 Å². The third-order valence-corrected chi connectivity index (χ3v) is 3.82. The third-order valence-electron chi connectivity index (χ3n) is 3.82. The summed E-state index contributed by atoms with van der Waals surface area (Å²) >= 11 is 0. The molecule has 2 aromatic rings. The van der Waals surface area contributed by atoms with E-state index in [9.17, 15) is 13.9 Å². The smallest absolute Gasteiger partial charge is 0.126 e. The lowest BCUT2D eigenvalue weighted by Gasteiger charge is -2.24. The molecule has 0 bridgehead atoms. The van der Waals surface area contributed by atoms with E-state index >= 15 is 0 Å². The summed E-state index contributed by atoms with van der Waals surface area (Å²) in [6, 6.07) is 10.8. The SMILES string of the molecule is OC1(Cc2ccccc2F)CCc2cc(F)ccc21. The Kier molecular flexibility index (Phi) is 2.86. The fourth-order valence-corrected chi connectivity index (χ4v) is 2.84. The van der Waals surface area contributed by atoms with E-state index in [1.165, 1.54) is 18.2 Å². The molecule has 0 fully saturated rings. The normalized spacial score (nSPS) is 21.4. The average molecular weight is 260 g/mol. The van der Waals surface area contributed by atoms with Crippen LogP contribution in [-0.2, 0) is 18.4 Å². The number of hydrogen-bond donors (Lipinski definition) is 1. The van der Waals surface area contributed by atoms with Crippen LogP contribution in [0.5, 0.6) is 0 Å². The Morgan fingerprint density at radius 2 is 1.89 bits per heavy atom. The van der Waals surface area contributed by atoms with Crippen molar-refractivity contribution in [3.05, 3.63) is 70.8 Å². The molecule has 3 rings (SSSR count). The van der Waals surface area contributed by atoms with E-state index in [4.69, 9.17) is 0 Å². The zero-order valence-electron chi connectivity index (χ0n) is 10.4. The quantitative estimate of drug-likeness (QED) is 0.878. The molecule has 0 saturated carbocycles. The second kappa shape index (κ2) is 4.42. The van der Waals surface area contributed by atoms with E-state index in [1.807, 2.05) is 0 Å². The summed E-state index contributed by atoms with van der Waals surface area (Å²) in [6.45, 7) is 0. The highest BCUT2D eigenvalue weighted by Gasteiger charge is 2.37. The molecule has 1 atom stereocenters. The largest absolute Gasteiger partial charge is 0.385 e. The molecule has 98 valence electrons. The Bertz CT molecular complexity index is 624. The van der Waals surface area contributed by atoms with Crippen molar-refractivity contribution >= 4 is 0 Å². The summed E-state index contributed by atoms with van der Waals surface area (Å²) in [4.78, 5) is 0. The van der Waals surface area contributed by atoms with Crippen LogP contribution in [0.15, 0.2) is 42.5 Å². The van der Waals surface area contributed by atoms with Gasteiger partial charge < -0.3 is 5.11 Å². The molecule has 19 heavy (non-hydrogen) atoms. The minimum absolute atomic E-state index is 0.221. The number of hydrogen-bond acceptors (Lipinski definition) is 1. The van der Waals surface area contributed by atoms with E-state index in [2.05, 4.69) is 0 Å². The van der Waals surface area contributed by atoms with Crippen LogP contribution in [0.2, 0.25) is 0 Å². The molecule has 3 heteroatoms. The van der Waals surface area contributed by atoms with Crippen molar-refractivity contribution in [1.82, 2.24) is 0 Å². The van der Waals surface area contributed by atoms with Crippen molar-refractivity contribution in [1.29, 1.82) is 0 Å². The van der Waals surface area contributed by atoms with Gasteiger partial charge in [0.05, 0.1) is 5.60 Å². The lowest BCUT2D eigenvalue weighted by Crippen LogP contribution is -2.25. The van der Waals surface area contributed by atoms with Gasteiger partial charge in [0.2, 0.25) is 0 Å². The van der Waals surface area contributed by atoms with Crippen molar-refractivity contribution in [3.63, 3.8) is 0 Å². The van der Waals surface area contributed by atoms with Gasteiger partial charge in [0, 0.05) is 6.42 Å². The van der Waals surface area contributed by atoms with Gasteiger partial charge in [-0.2, -0.15) is 0 Å². The molecule has 0 saturated heterocycles. The number of aryl methyl sites for hydroxylation is 1. The first kappa shape index (κ1) is 12.3. The average Bonchev–Trinajstić information content (AvgIpc) is 2.70. The van der Waals surface area contributed by atoms with E-state index in [1.54, 1.807) is 24.3 Å². The molecule has 1 N–H and O–H groups in total. The highest BCUT2D eigenvalue weighted by molar-refractivity contribution is 5.39. The highest BCUT2D eigenvalue weighted by Crippen LogP contribution is 2.39. The number of aliphatic hydroxyl groups is 1. The van der Waals surface area contributed by atoms with Crippen LogP contribution >= 0.6 is 0 Å². The van der Waals surface area contributed by atoms with Crippen LogP contribution in [0, 0.1) is 11.6 Å². The Hall–Kier alpha value is -1.74. The Labute approximate surface area is 110 Å². The lowest BCUT2D eigenvalue weighted by molar-refractivity contribution is 0.0381. The predicted octanol–water partition coefficient (Wildman–Crippen LogP) is 3.34. The minimum Gasteiger partial charge on any atom is -0.385 e. The molecular weight excluding hydrogens is 246 g/mol. The van der Waals surface area contributed by atoms with Gasteiger partial charge in [0.15, 0.2) is 0 Å². The Morgan fingerprint density at radius 1 is 1.11 bits per heavy atom. The van der Waals surface area contributed by atoms with Gasteiger partial charge in [-0.3, -0.25) is 0 Å². The van der Waals surface area contributed by atoms with Crippen LogP contribution in [0.4, 0.5) is 8.78 Å². The van der Waals surface area contributed by atoms with Crippen LogP contribution in [0.25, 0.3) is 0 Å². The predicted molar refractivity (Wildman–Crippen MR) is 68.7 cm³/mol. The molecule has 0 radical (unpaired) electrons. The molecule has 0 aliphatic heterocycles. The molecule has 0 heterocycles. The topological polar surface area (TPSA) is 20.2 Å². The van der Waals surface area contributed by atoms with Gasteiger partial charge in [0.25, 0.3) is 0 Å². The van der Waals surface area contributed by atoms with Crippen LogP contribution in [0.1, 0.15) is 23.1 Å². The fraction of sp³-hybridized carbons (Fsp3) is 0.250. The van der Waals surface area contributed by atoms with E-state index in [0.29, 0.717) is 18.4 Å².